The highest BCUT2D eigenvalue weighted by molar-refractivity contribution is 5.81. The van der Waals surface area contributed by atoms with Crippen molar-refractivity contribution in [2.45, 2.75) is 45.2 Å². The molecule has 1 aliphatic heterocycles. The average Bonchev–Trinajstić information content (AvgIpc) is 2.72. The molecule has 2 unspecified atom stereocenters. The van der Waals surface area contributed by atoms with Gasteiger partial charge in [-0.05, 0) is 26.2 Å². The second kappa shape index (κ2) is 5.72. The third-order valence-electron chi connectivity index (χ3n) is 2.87. The van der Waals surface area contributed by atoms with Crippen molar-refractivity contribution in [1.29, 1.82) is 5.26 Å². The maximum Gasteiger partial charge on any atom is 0.237 e. The molecule has 1 fully saturated rings. The van der Waals surface area contributed by atoms with E-state index in [0.717, 1.165) is 25.8 Å². The number of amides is 1. The van der Waals surface area contributed by atoms with Gasteiger partial charge in [0.1, 0.15) is 0 Å². The molecule has 0 saturated carbocycles. The number of rotatable bonds is 4. The van der Waals surface area contributed by atoms with Crippen molar-refractivity contribution in [1.82, 2.24) is 10.2 Å². The zero-order chi connectivity index (χ0) is 11.3. The Bertz CT molecular complexity index is 259. The minimum atomic E-state index is -0.177. The van der Waals surface area contributed by atoms with E-state index in [2.05, 4.69) is 11.4 Å². The summed E-state index contributed by atoms with van der Waals surface area (Å²) in [6.07, 6.45) is 2.85. The van der Waals surface area contributed by atoms with E-state index in [1.54, 1.807) is 0 Å². The summed E-state index contributed by atoms with van der Waals surface area (Å²) in [5, 5.41) is 11.8. The molecule has 1 amide bonds. The van der Waals surface area contributed by atoms with Crippen molar-refractivity contribution in [3.63, 3.8) is 0 Å². The van der Waals surface area contributed by atoms with Crippen LogP contribution in [0.2, 0.25) is 0 Å². The molecule has 1 aliphatic rings. The van der Waals surface area contributed by atoms with Gasteiger partial charge in [0.05, 0.1) is 18.2 Å². The molecule has 1 saturated heterocycles. The Balaban J connectivity index is 2.48. The molecule has 15 heavy (non-hydrogen) atoms. The van der Waals surface area contributed by atoms with Gasteiger partial charge in [-0.2, -0.15) is 5.26 Å². The normalized spacial score (nSPS) is 23.4. The van der Waals surface area contributed by atoms with Crippen LogP contribution >= 0.6 is 0 Å². The monoisotopic (exact) mass is 209 g/mol. The summed E-state index contributed by atoms with van der Waals surface area (Å²) in [6.45, 7) is 5.48. The predicted molar refractivity (Wildman–Crippen MR) is 58.1 cm³/mol. The Labute approximate surface area is 91.2 Å². The molecule has 4 nitrogen and oxygen atoms in total. The Morgan fingerprint density at radius 1 is 1.73 bits per heavy atom. The van der Waals surface area contributed by atoms with Crippen molar-refractivity contribution in [2.75, 3.05) is 13.1 Å². The molecule has 2 atom stereocenters. The average molecular weight is 209 g/mol. The van der Waals surface area contributed by atoms with Crippen molar-refractivity contribution < 1.29 is 4.79 Å². The molecular weight excluding hydrogens is 190 g/mol. The van der Waals surface area contributed by atoms with Gasteiger partial charge < -0.3 is 5.32 Å². The number of hydrogen-bond donors (Lipinski definition) is 1. The van der Waals surface area contributed by atoms with Crippen molar-refractivity contribution in [3.8, 4) is 6.07 Å². The molecule has 0 bridgehead atoms. The summed E-state index contributed by atoms with van der Waals surface area (Å²) >= 11 is 0. The predicted octanol–water partition coefficient (Wildman–Crippen LogP) is 0.889. The van der Waals surface area contributed by atoms with Gasteiger partial charge in [0.2, 0.25) is 5.91 Å². The van der Waals surface area contributed by atoms with Crippen LogP contribution in [0.3, 0.4) is 0 Å². The topological polar surface area (TPSA) is 56.1 Å². The Kier molecular flexibility index (Phi) is 4.57. The van der Waals surface area contributed by atoms with E-state index < -0.39 is 0 Å². The van der Waals surface area contributed by atoms with E-state index in [1.165, 1.54) is 0 Å². The largest absolute Gasteiger partial charge is 0.355 e. The van der Waals surface area contributed by atoms with Crippen LogP contribution in [0, 0.1) is 11.3 Å². The molecule has 1 N–H and O–H groups in total. The van der Waals surface area contributed by atoms with Crippen LogP contribution in [0.25, 0.3) is 0 Å². The van der Waals surface area contributed by atoms with Gasteiger partial charge in [-0.1, -0.05) is 6.92 Å². The van der Waals surface area contributed by atoms with Crippen molar-refractivity contribution >= 4 is 5.91 Å². The number of likely N-dealkylation sites (tertiary alicyclic amines) is 1. The van der Waals surface area contributed by atoms with Crippen LogP contribution in [0.5, 0.6) is 0 Å². The SMILES string of the molecule is CCCNC(=O)C(C)N1CCCC1C#N. The first-order valence-corrected chi connectivity index (χ1v) is 5.63. The molecule has 84 valence electrons. The van der Waals surface area contributed by atoms with Gasteiger partial charge >= 0.3 is 0 Å². The van der Waals surface area contributed by atoms with Gasteiger partial charge in [-0.3, -0.25) is 9.69 Å². The first-order valence-electron chi connectivity index (χ1n) is 5.63. The third-order valence-corrected chi connectivity index (χ3v) is 2.87. The van der Waals surface area contributed by atoms with Crippen LogP contribution in [0.4, 0.5) is 0 Å². The van der Waals surface area contributed by atoms with Crippen LogP contribution in [-0.2, 0) is 4.79 Å². The lowest BCUT2D eigenvalue weighted by atomic mass is 10.2. The maximum absolute atomic E-state index is 11.7. The summed E-state index contributed by atoms with van der Waals surface area (Å²) in [4.78, 5) is 13.7. The fourth-order valence-electron chi connectivity index (χ4n) is 1.94. The van der Waals surface area contributed by atoms with Crippen LogP contribution < -0.4 is 5.32 Å². The zero-order valence-electron chi connectivity index (χ0n) is 9.49. The van der Waals surface area contributed by atoms with Crippen LogP contribution in [0.1, 0.15) is 33.1 Å². The van der Waals surface area contributed by atoms with E-state index in [0.29, 0.717) is 6.54 Å². The van der Waals surface area contributed by atoms with Crippen molar-refractivity contribution in [3.05, 3.63) is 0 Å². The molecule has 1 heterocycles. The Morgan fingerprint density at radius 2 is 2.47 bits per heavy atom. The zero-order valence-corrected chi connectivity index (χ0v) is 9.49. The molecule has 1 rings (SSSR count). The van der Waals surface area contributed by atoms with Crippen LogP contribution in [-0.4, -0.2) is 36.0 Å². The number of carbonyl (C=O) groups is 1. The highest BCUT2D eigenvalue weighted by Gasteiger charge is 2.31. The van der Waals surface area contributed by atoms with Crippen LogP contribution in [0.15, 0.2) is 0 Å². The lowest BCUT2D eigenvalue weighted by molar-refractivity contribution is -0.125. The van der Waals surface area contributed by atoms with E-state index >= 15 is 0 Å². The molecule has 0 spiro atoms. The minimum Gasteiger partial charge on any atom is -0.355 e. The quantitative estimate of drug-likeness (QED) is 0.748. The fraction of sp³-hybridized carbons (Fsp3) is 0.818. The number of nitriles is 1. The number of nitrogens with one attached hydrogen (secondary N) is 1. The highest BCUT2D eigenvalue weighted by atomic mass is 16.2. The van der Waals surface area contributed by atoms with Gasteiger partial charge in [-0.15, -0.1) is 0 Å². The van der Waals surface area contributed by atoms with E-state index in [-0.39, 0.29) is 18.0 Å². The summed E-state index contributed by atoms with van der Waals surface area (Å²) in [5.74, 6) is 0.0407. The standard InChI is InChI=1S/C11H19N3O/c1-3-6-13-11(15)9(2)14-7-4-5-10(14)8-12/h9-10H,3-7H2,1-2H3,(H,13,15). The fourth-order valence-corrected chi connectivity index (χ4v) is 1.94. The number of hydrogen-bond acceptors (Lipinski definition) is 3. The minimum absolute atomic E-state index is 0.0407. The summed E-state index contributed by atoms with van der Waals surface area (Å²) < 4.78 is 0. The van der Waals surface area contributed by atoms with Gasteiger partial charge in [0.15, 0.2) is 0 Å². The second-order valence-electron chi connectivity index (χ2n) is 3.99. The second-order valence-corrected chi connectivity index (χ2v) is 3.99. The molecular formula is C11H19N3O. The third kappa shape index (κ3) is 2.93. The first-order chi connectivity index (χ1) is 7.20. The molecule has 0 aromatic rings. The summed E-state index contributed by atoms with van der Waals surface area (Å²) in [7, 11) is 0. The maximum atomic E-state index is 11.7. The number of nitrogens with zero attached hydrogens (tertiary/aromatic N) is 2. The first kappa shape index (κ1) is 12.0. The molecule has 4 heteroatoms. The Morgan fingerprint density at radius 3 is 3.07 bits per heavy atom. The molecule has 0 aliphatic carbocycles. The molecule has 0 aromatic carbocycles. The number of carbonyl (C=O) groups excluding carboxylic acids is 1. The van der Waals surface area contributed by atoms with Gasteiger partial charge in [0.25, 0.3) is 0 Å². The van der Waals surface area contributed by atoms with Gasteiger partial charge in [-0.25, -0.2) is 0 Å². The van der Waals surface area contributed by atoms with E-state index in [4.69, 9.17) is 5.26 Å². The summed E-state index contributed by atoms with van der Waals surface area (Å²) in [6, 6.07) is 2.00. The lowest BCUT2D eigenvalue weighted by Crippen LogP contribution is -2.47. The lowest BCUT2D eigenvalue weighted by Gasteiger charge is -2.25. The summed E-state index contributed by atoms with van der Waals surface area (Å²) in [5.41, 5.74) is 0. The van der Waals surface area contributed by atoms with E-state index in [9.17, 15) is 4.79 Å². The van der Waals surface area contributed by atoms with Crippen molar-refractivity contribution in [2.24, 2.45) is 0 Å². The molecule has 0 aromatic heterocycles. The smallest absolute Gasteiger partial charge is 0.237 e. The Hall–Kier alpha value is -1.08. The highest BCUT2D eigenvalue weighted by Crippen LogP contribution is 2.19. The molecule has 0 radical (unpaired) electrons. The van der Waals surface area contributed by atoms with Gasteiger partial charge in [0, 0.05) is 13.1 Å². The van der Waals surface area contributed by atoms with E-state index in [1.807, 2.05) is 18.7 Å².